The number of halogens is 2. The van der Waals surface area contributed by atoms with Crippen LogP contribution in [0.2, 0.25) is 10.0 Å². The Hall–Kier alpha value is -2.20. The first-order chi connectivity index (χ1) is 14.8. The highest BCUT2D eigenvalue weighted by Crippen LogP contribution is 2.32. The second-order valence-corrected chi connectivity index (χ2v) is 9.33. The number of carbonyl (C=O) groups is 1. The molecular weight excluding hydrogens is 467 g/mol. The van der Waals surface area contributed by atoms with Crippen LogP contribution in [0.25, 0.3) is 0 Å². The number of hydrogen-bond acceptors (Lipinski definition) is 6. The van der Waals surface area contributed by atoms with Crippen molar-refractivity contribution in [3.63, 3.8) is 0 Å². The van der Waals surface area contributed by atoms with Gasteiger partial charge in [0.2, 0.25) is 10.0 Å². The van der Waals surface area contributed by atoms with Gasteiger partial charge in [-0.25, -0.2) is 8.42 Å². The molecule has 31 heavy (non-hydrogen) atoms. The Labute approximate surface area is 191 Å². The van der Waals surface area contributed by atoms with Gasteiger partial charge in [0.25, 0.3) is 5.91 Å². The lowest BCUT2D eigenvalue weighted by atomic mass is 10.3. The Kier molecular flexibility index (Phi) is 7.53. The second-order valence-electron chi connectivity index (χ2n) is 6.64. The molecule has 0 radical (unpaired) electrons. The van der Waals surface area contributed by atoms with Gasteiger partial charge in [-0.3, -0.25) is 4.79 Å². The average molecular weight is 489 g/mol. The third-order valence-corrected chi connectivity index (χ3v) is 7.57. The van der Waals surface area contributed by atoms with Crippen molar-refractivity contribution >= 4 is 39.1 Å². The van der Waals surface area contributed by atoms with E-state index in [1.807, 2.05) is 0 Å². The summed E-state index contributed by atoms with van der Waals surface area (Å²) in [5.41, 5.74) is 0. The van der Waals surface area contributed by atoms with Gasteiger partial charge in [0.15, 0.2) is 6.61 Å². The summed E-state index contributed by atoms with van der Waals surface area (Å²) < 4.78 is 43.4. The van der Waals surface area contributed by atoms with Crippen LogP contribution in [0.1, 0.15) is 0 Å². The number of sulfonamides is 1. The van der Waals surface area contributed by atoms with E-state index in [1.54, 1.807) is 35.2 Å². The monoisotopic (exact) mass is 488 g/mol. The van der Waals surface area contributed by atoms with Gasteiger partial charge in [0, 0.05) is 32.2 Å². The normalized spacial score (nSPS) is 14.9. The predicted octanol–water partition coefficient (Wildman–Crippen LogP) is 2.92. The van der Waals surface area contributed by atoms with Gasteiger partial charge in [-0.05, 0) is 24.3 Å². The summed E-state index contributed by atoms with van der Waals surface area (Å²) in [5.74, 6) is 0.678. The van der Waals surface area contributed by atoms with Crippen molar-refractivity contribution in [2.75, 3.05) is 47.0 Å². The van der Waals surface area contributed by atoms with E-state index >= 15 is 0 Å². The number of piperazine rings is 1. The molecule has 0 aliphatic carbocycles. The number of amides is 1. The van der Waals surface area contributed by atoms with Crippen LogP contribution in [-0.2, 0) is 14.8 Å². The quantitative estimate of drug-likeness (QED) is 0.595. The van der Waals surface area contributed by atoms with Crippen LogP contribution >= 0.6 is 23.2 Å². The number of benzene rings is 2. The third-order valence-electron chi connectivity index (χ3n) is 4.85. The second kappa shape index (κ2) is 9.95. The van der Waals surface area contributed by atoms with Crippen molar-refractivity contribution in [2.24, 2.45) is 0 Å². The molecule has 168 valence electrons. The molecule has 1 aliphatic rings. The maximum Gasteiger partial charge on any atom is 0.260 e. The minimum Gasteiger partial charge on any atom is -0.497 e. The minimum absolute atomic E-state index is 0.0214. The lowest BCUT2D eigenvalue weighted by Crippen LogP contribution is -2.51. The van der Waals surface area contributed by atoms with E-state index in [4.69, 9.17) is 37.4 Å². The zero-order valence-corrected chi connectivity index (χ0v) is 19.3. The molecule has 1 fully saturated rings. The SMILES string of the molecule is COc1ccc(OC)c(S(=O)(=O)N2CCN(C(=O)COc3cccc(Cl)c3Cl)CC2)c1. The average Bonchev–Trinajstić information content (AvgIpc) is 2.79. The smallest absolute Gasteiger partial charge is 0.260 e. The van der Waals surface area contributed by atoms with Gasteiger partial charge in [0.05, 0.1) is 19.2 Å². The summed E-state index contributed by atoms with van der Waals surface area (Å²) in [5, 5.41) is 0.568. The summed E-state index contributed by atoms with van der Waals surface area (Å²) in [7, 11) is -0.959. The van der Waals surface area contributed by atoms with E-state index in [2.05, 4.69) is 0 Å². The molecule has 11 heteroatoms. The highest BCUT2D eigenvalue weighted by atomic mass is 35.5. The van der Waals surface area contributed by atoms with Crippen molar-refractivity contribution in [2.45, 2.75) is 4.90 Å². The highest BCUT2D eigenvalue weighted by molar-refractivity contribution is 7.89. The first kappa shape index (κ1) is 23.5. The van der Waals surface area contributed by atoms with Crippen molar-refractivity contribution in [1.29, 1.82) is 0 Å². The number of carbonyl (C=O) groups excluding carboxylic acids is 1. The number of hydrogen-bond donors (Lipinski definition) is 0. The Morgan fingerprint density at radius 1 is 1.00 bits per heavy atom. The lowest BCUT2D eigenvalue weighted by molar-refractivity contribution is -0.134. The number of rotatable bonds is 7. The first-order valence-corrected chi connectivity index (χ1v) is 11.5. The van der Waals surface area contributed by atoms with Gasteiger partial charge in [-0.2, -0.15) is 4.31 Å². The lowest BCUT2D eigenvalue weighted by Gasteiger charge is -2.34. The van der Waals surface area contributed by atoms with Crippen LogP contribution in [0.4, 0.5) is 0 Å². The molecule has 0 unspecified atom stereocenters. The molecule has 1 amide bonds. The molecule has 3 rings (SSSR count). The van der Waals surface area contributed by atoms with E-state index in [0.717, 1.165) is 0 Å². The molecule has 0 saturated carbocycles. The number of ether oxygens (including phenoxy) is 3. The Morgan fingerprint density at radius 2 is 1.71 bits per heavy atom. The van der Waals surface area contributed by atoms with Crippen molar-refractivity contribution in [3.8, 4) is 17.2 Å². The number of nitrogens with zero attached hydrogens (tertiary/aromatic N) is 2. The molecule has 0 atom stereocenters. The van der Waals surface area contributed by atoms with Crippen molar-refractivity contribution in [3.05, 3.63) is 46.4 Å². The largest absolute Gasteiger partial charge is 0.497 e. The number of methoxy groups -OCH3 is 2. The maximum atomic E-state index is 13.1. The van der Waals surface area contributed by atoms with Crippen LogP contribution < -0.4 is 14.2 Å². The summed E-state index contributed by atoms with van der Waals surface area (Å²) >= 11 is 12.0. The fourth-order valence-corrected chi connectivity index (χ4v) is 5.07. The van der Waals surface area contributed by atoms with Gasteiger partial charge in [-0.1, -0.05) is 29.3 Å². The van der Waals surface area contributed by atoms with Crippen LogP contribution in [-0.4, -0.2) is 70.5 Å². The van der Waals surface area contributed by atoms with Gasteiger partial charge < -0.3 is 19.1 Å². The molecule has 0 N–H and O–H groups in total. The van der Waals surface area contributed by atoms with E-state index in [1.165, 1.54) is 24.6 Å². The van der Waals surface area contributed by atoms with Crippen LogP contribution in [0.3, 0.4) is 0 Å². The fourth-order valence-electron chi connectivity index (χ4n) is 3.13. The zero-order valence-electron chi connectivity index (χ0n) is 17.0. The molecule has 8 nitrogen and oxygen atoms in total. The molecule has 2 aromatic carbocycles. The molecule has 0 bridgehead atoms. The maximum absolute atomic E-state index is 13.1. The van der Waals surface area contributed by atoms with E-state index in [-0.39, 0.29) is 54.4 Å². The zero-order chi connectivity index (χ0) is 22.6. The standard InChI is InChI=1S/C20H22Cl2N2O6S/c1-28-14-6-7-16(29-2)18(12-14)31(26,27)24-10-8-23(9-11-24)19(25)13-30-17-5-3-4-15(21)20(17)22/h3-7,12H,8-11,13H2,1-2H3. The fraction of sp³-hybridized carbons (Fsp3) is 0.350. The van der Waals surface area contributed by atoms with E-state index < -0.39 is 10.0 Å². The van der Waals surface area contributed by atoms with E-state index in [9.17, 15) is 13.2 Å². The molecule has 0 aromatic heterocycles. The van der Waals surface area contributed by atoms with Gasteiger partial charge >= 0.3 is 0 Å². The minimum atomic E-state index is -3.83. The summed E-state index contributed by atoms with van der Waals surface area (Å²) in [6.45, 7) is 0.531. The molecule has 1 heterocycles. The molecular formula is C20H22Cl2N2O6S. The first-order valence-electron chi connectivity index (χ1n) is 9.34. The van der Waals surface area contributed by atoms with Crippen LogP contribution in [0.5, 0.6) is 17.2 Å². The van der Waals surface area contributed by atoms with Crippen LogP contribution in [0.15, 0.2) is 41.3 Å². The highest BCUT2D eigenvalue weighted by Gasteiger charge is 2.32. The summed E-state index contributed by atoms with van der Waals surface area (Å²) in [6, 6.07) is 9.51. The molecule has 1 saturated heterocycles. The van der Waals surface area contributed by atoms with Gasteiger partial charge in [0.1, 0.15) is 27.2 Å². The molecule has 2 aromatic rings. The van der Waals surface area contributed by atoms with Crippen molar-refractivity contribution in [1.82, 2.24) is 9.21 Å². The summed E-state index contributed by atoms with van der Waals surface area (Å²) in [6.07, 6.45) is 0. The Balaban J connectivity index is 1.63. The third kappa shape index (κ3) is 5.17. The molecule has 0 spiro atoms. The van der Waals surface area contributed by atoms with Gasteiger partial charge in [-0.15, -0.1) is 0 Å². The van der Waals surface area contributed by atoms with Crippen LogP contribution in [0, 0.1) is 0 Å². The topological polar surface area (TPSA) is 85.4 Å². The Morgan fingerprint density at radius 3 is 2.35 bits per heavy atom. The molecule has 1 aliphatic heterocycles. The van der Waals surface area contributed by atoms with Crippen molar-refractivity contribution < 1.29 is 27.4 Å². The predicted molar refractivity (Wildman–Crippen MR) is 117 cm³/mol. The summed E-state index contributed by atoms with van der Waals surface area (Å²) in [4.78, 5) is 14.1. The Bertz CT molecular complexity index is 1060. The van der Waals surface area contributed by atoms with E-state index in [0.29, 0.717) is 16.5 Å².